The summed E-state index contributed by atoms with van der Waals surface area (Å²) in [7, 11) is 3.12. The highest BCUT2D eigenvalue weighted by Gasteiger charge is 2.41. The van der Waals surface area contributed by atoms with Crippen LogP contribution in [-0.4, -0.2) is 32.2 Å². The van der Waals surface area contributed by atoms with Crippen LogP contribution in [0.25, 0.3) is 0 Å². The van der Waals surface area contributed by atoms with Crippen molar-refractivity contribution in [3.8, 4) is 11.5 Å². The Balaban J connectivity index is 2.01. The first-order chi connectivity index (χ1) is 7.74. The average Bonchev–Trinajstić information content (AvgIpc) is 2.29. The predicted octanol–water partition coefficient (Wildman–Crippen LogP) is 1.43. The lowest BCUT2D eigenvalue weighted by molar-refractivity contribution is -0.150. The molecule has 0 amide bonds. The zero-order valence-corrected chi connectivity index (χ0v) is 9.30. The molecule has 2 unspecified atom stereocenters. The fraction of sp³-hybridized carbons (Fsp3) is 0.417. The molecule has 4 nitrogen and oxygen atoms in total. The summed E-state index contributed by atoms with van der Waals surface area (Å²) in [5.41, 5.74) is 0. The van der Waals surface area contributed by atoms with Gasteiger partial charge in [-0.15, -0.1) is 0 Å². The molecule has 0 aliphatic heterocycles. The number of hydrogen-bond acceptors (Lipinski definition) is 4. The topological polar surface area (TPSA) is 44.8 Å². The molecule has 1 aliphatic rings. The number of ketones is 1. The first-order valence-corrected chi connectivity index (χ1v) is 5.11. The van der Waals surface area contributed by atoms with E-state index in [0.29, 0.717) is 12.2 Å². The van der Waals surface area contributed by atoms with Crippen molar-refractivity contribution in [2.24, 2.45) is 0 Å². The van der Waals surface area contributed by atoms with Crippen molar-refractivity contribution in [3.05, 3.63) is 24.3 Å². The molecule has 1 fully saturated rings. The zero-order valence-electron chi connectivity index (χ0n) is 9.30. The van der Waals surface area contributed by atoms with Crippen LogP contribution in [0, 0.1) is 0 Å². The Morgan fingerprint density at radius 2 is 2.00 bits per heavy atom. The van der Waals surface area contributed by atoms with Gasteiger partial charge in [-0.1, -0.05) is 6.07 Å². The summed E-state index contributed by atoms with van der Waals surface area (Å²) in [6.07, 6.45) is -0.189. The number of methoxy groups -OCH3 is 2. The second-order valence-corrected chi connectivity index (χ2v) is 3.66. The molecule has 0 spiro atoms. The summed E-state index contributed by atoms with van der Waals surface area (Å²) in [5.74, 6) is 1.52. The number of rotatable bonds is 4. The third-order valence-electron chi connectivity index (χ3n) is 2.64. The molecule has 2 atom stereocenters. The molecule has 0 saturated heterocycles. The number of benzene rings is 1. The van der Waals surface area contributed by atoms with Crippen molar-refractivity contribution in [2.75, 3.05) is 14.2 Å². The van der Waals surface area contributed by atoms with Gasteiger partial charge in [0.2, 0.25) is 0 Å². The van der Waals surface area contributed by atoms with Gasteiger partial charge >= 0.3 is 0 Å². The van der Waals surface area contributed by atoms with Crippen molar-refractivity contribution >= 4 is 5.78 Å². The van der Waals surface area contributed by atoms with Gasteiger partial charge in [-0.05, 0) is 12.1 Å². The summed E-state index contributed by atoms with van der Waals surface area (Å²) in [5, 5.41) is 0. The van der Waals surface area contributed by atoms with E-state index >= 15 is 0 Å². The van der Waals surface area contributed by atoms with Crippen LogP contribution in [0.1, 0.15) is 6.42 Å². The largest absolute Gasteiger partial charge is 0.497 e. The Kier molecular flexibility index (Phi) is 3.10. The van der Waals surface area contributed by atoms with E-state index in [1.807, 2.05) is 18.2 Å². The van der Waals surface area contributed by atoms with E-state index in [4.69, 9.17) is 14.2 Å². The molecule has 86 valence electrons. The SMILES string of the molecule is COc1cccc(OC2CC(=O)C2OC)c1. The molecular formula is C12H14O4. The molecule has 16 heavy (non-hydrogen) atoms. The molecule has 0 radical (unpaired) electrons. The van der Waals surface area contributed by atoms with Gasteiger partial charge in [0, 0.05) is 19.6 Å². The summed E-state index contributed by atoms with van der Waals surface area (Å²) >= 11 is 0. The molecule has 0 aromatic heterocycles. The van der Waals surface area contributed by atoms with Crippen LogP contribution in [-0.2, 0) is 9.53 Å². The molecule has 0 bridgehead atoms. The van der Waals surface area contributed by atoms with E-state index in [9.17, 15) is 4.79 Å². The van der Waals surface area contributed by atoms with Crippen molar-refractivity contribution in [2.45, 2.75) is 18.6 Å². The lowest BCUT2D eigenvalue weighted by atomic mass is 9.90. The molecule has 1 aliphatic carbocycles. The van der Waals surface area contributed by atoms with Crippen LogP contribution in [0.2, 0.25) is 0 Å². The maximum Gasteiger partial charge on any atom is 0.169 e. The number of hydrogen-bond donors (Lipinski definition) is 0. The molecule has 1 saturated carbocycles. The Morgan fingerprint density at radius 1 is 1.25 bits per heavy atom. The van der Waals surface area contributed by atoms with Gasteiger partial charge in [0.25, 0.3) is 0 Å². The highest BCUT2D eigenvalue weighted by Crippen LogP contribution is 2.27. The maximum atomic E-state index is 11.2. The fourth-order valence-corrected chi connectivity index (χ4v) is 1.70. The summed E-state index contributed by atoms with van der Waals surface area (Å²) in [6.45, 7) is 0. The second-order valence-electron chi connectivity index (χ2n) is 3.66. The molecule has 0 N–H and O–H groups in total. The van der Waals surface area contributed by atoms with Crippen LogP contribution in [0.5, 0.6) is 11.5 Å². The third kappa shape index (κ3) is 2.02. The number of carbonyl (C=O) groups excluding carboxylic acids is 1. The Labute approximate surface area is 94.1 Å². The molecular weight excluding hydrogens is 208 g/mol. The second kappa shape index (κ2) is 4.53. The zero-order chi connectivity index (χ0) is 11.5. The van der Waals surface area contributed by atoms with Gasteiger partial charge in [-0.2, -0.15) is 0 Å². The Morgan fingerprint density at radius 3 is 2.62 bits per heavy atom. The molecule has 4 heteroatoms. The van der Waals surface area contributed by atoms with Gasteiger partial charge in [0.15, 0.2) is 11.9 Å². The third-order valence-corrected chi connectivity index (χ3v) is 2.64. The number of Topliss-reactive ketones (excluding diaryl/α,β-unsaturated/α-hetero) is 1. The van der Waals surface area contributed by atoms with Crippen LogP contribution >= 0.6 is 0 Å². The molecule has 0 heterocycles. The van der Waals surface area contributed by atoms with E-state index in [0.717, 1.165) is 5.75 Å². The standard InChI is InChI=1S/C12H14O4/c1-14-8-4-3-5-9(6-8)16-11-7-10(13)12(11)15-2/h3-6,11-12H,7H2,1-2H3. The van der Waals surface area contributed by atoms with E-state index < -0.39 is 6.10 Å². The van der Waals surface area contributed by atoms with Gasteiger partial charge in [-0.25, -0.2) is 0 Å². The highest BCUT2D eigenvalue weighted by molar-refractivity contribution is 5.90. The monoisotopic (exact) mass is 222 g/mol. The van der Waals surface area contributed by atoms with Crippen molar-refractivity contribution in [3.63, 3.8) is 0 Å². The van der Waals surface area contributed by atoms with Gasteiger partial charge < -0.3 is 14.2 Å². The van der Waals surface area contributed by atoms with E-state index in [2.05, 4.69) is 0 Å². The fourth-order valence-electron chi connectivity index (χ4n) is 1.70. The first kappa shape index (κ1) is 11.0. The number of carbonyl (C=O) groups is 1. The summed E-state index contributed by atoms with van der Waals surface area (Å²) in [6, 6.07) is 7.30. The van der Waals surface area contributed by atoms with Gasteiger partial charge in [0.05, 0.1) is 7.11 Å². The van der Waals surface area contributed by atoms with Crippen molar-refractivity contribution < 1.29 is 19.0 Å². The summed E-state index contributed by atoms with van der Waals surface area (Å²) < 4.78 is 15.8. The normalized spacial score (nSPS) is 23.8. The molecule has 2 rings (SSSR count). The van der Waals surface area contributed by atoms with E-state index in [1.165, 1.54) is 7.11 Å². The lowest BCUT2D eigenvalue weighted by Gasteiger charge is -2.33. The Hall–Kier alpha value is -1.55. The maximum absolute atomic E-state index is 11.2. The van der Waals surface area contributed by atoms with Crippen LogP contribution in [0.3, 0.4) is 0 Å². The van der Waals surface area contributed by atoms with E-state index in [-0.39, 0.29) is 11.9 Å². The quantitative estimate of drug-likeness (QED) is 0.773. The smallest absolute Gasteiger partial charge is 0.169 e. The van der Waals surface area contributed by atoms with Gasteiger partial charge in [0.1, 0.15) is 17.6 Å². The van der Waals surface area contributed by atoms with Crippen molar-refractivity contribution in [1.82, 2.24) is 0 Å². The predicted molar refractivity (Wildman–Crippen MR) is 57.8 cm³/mol. The summed E-state index contributed by atoms with van der Waals surface area (Å²) in [4.78, 5) is 11.2. The first-order valence-electron chi connectivity index (χ1n) is 5.11. The molecule has 1 aromatic rings. The minimum absolute atomic E-state index is 0.0930. The van der Waals surface area contributed by atoms with Crippen LogP contribution < -0.4 is 9.47 Å². The van der Waals surface area contributed by atoms with E-state index in [1.54, 1.807) is 13.2 Å². The lowest BCUT2D eigenvalue weighted by Crippen LogP contribution is -2.51. The highest BCUT2D eigenvalue weighted by atomic mass is 16.5. The minimum atomic E-state index is -0.425. The molecule has 1 aromatic carbocycles. The van der Waals surface area contributed by atoms with Gasteiger partial charge in [-0.3, -0.25) is 4.79 Å². The van der Waals surface area contributed by atoms with Crippen molar-refractivity contribution in [1.29, 1.82) is 0 Å². The van der Waals surface area contributed by atoms with Crippen LogP contribution in [0.4, 0.5) is 0 Å². The minimum Gasteiger partial charge on any atom is -0.497 e. The number of ether oxygens (including phenoxy) is 3. The Bertz CT molecular complexity index is 388. The van der Waals surface area contributed by atoms with Crippen LogP contribution in [0.15, 0.2) is 24.3 Å². The average molecular weight is 222 g/mol.